The number of aromatic nitrogens is 1. The normalized spacial score (nSPS) is 18.5. The number of aryl methyl sites for hydroxylation is 1. The first kappa shape index (κ1) is 30.9. The van der Waals surface area contributed by atoms with Gasteiger partial charge in [0.2, 0.25) is 0 Å². The molecule has 13 rings (SSSR count). The van der Waals surface area contributed by atoms with Crippen LogP contribution in [-0.4, -0.2) is 11.7 Å². The maximum absolute atomic E-state index is 5.86. The van der Waals surface area contributed by atoms with Crippen LogP contribution in [0.15, 0.2) is 115 Å². The van der Waals surface area contributed by atoms with E-state index >= 15 is 0 Å². The van der Waals surface area contributed by atoms with Crippen LogP contribution in [0.4, 0.5) is 34.1 Å². The first-order chi connectivity index (χ1) is 27.2. The fourth-order valence-corrected chi connectivity index (χ4v) is 12.9. The number of hydrogen-bond acceptors (Lipinski definition) is 3. The van der Waals surface area contributed by atoms with Crippen molar-refractivity contribution in [3.05, 3.63) is 143 Å². The van der Waals surface area contributed by atoms with Crippen molar-refractivity contribution < 1.29 is 0 Å². The summed E-state index contributed by atoms with van der Waals surface area (Å²) in [5.74, 6) is 0. The Labute approximate surface area is 324 Å². The minimum atomic E-state index is 0.0411. The average Bonchev–Trinajstić information content (AvgIpc) is 3.94. The Kier molecular flexibility index (Phi) is 6.13. The van der Waals surface area contributed by atoms with Gasteiger partial charge in [0.25, 0.3) is 6.71 Å². The first-order valence-corrected chi connectivity index (χ1v) is 21.2. The molecule has 0 amide bonds. The van der Waals surface area contributed by atoms with Crippen LogP contribution in [0.25, 0.3) is 21.7 Å². The van der Waals surface area contributed by atoms with Crippen molar-refractivity contribution in [2.45, 2.75) is 88.4 Å². The number of nitrogens with zero attached hydrogens (tertiary/aromatic N) is 3. The third-order valence-electron chi connectivity index (χ3n) is 15.1. The molecule has 0 N–H and O–H groups in total. The molecule has 6 aromatic carbocycles. The Morgan fingerprint density at radius 1 is 0.545 bits per heavy atom. The summed E-state index contributed by atoms with van der Waals surface area (Å²) >= 11 is 0. The van der Waals surface area contributed by atoms with Crippen LogP contribution in [0.5, 0.6) is 0 Å². The van der Waals surface area contributed by atoms with Gasteiger partial charge in [-0.25, -0.2) is 4.98 Å². The van der Waals surface area contributed by atoms with Crippen molar-refractivity contribution in [3.8, 4) is 0 Å². The Balaban J connectivity index is 1.24. The fourth-order valence-electron chi connectivity index (χ4n) is 12.9. The highest BCUT2D eigenvalue weighted by Gasteiger charge is 2.55. The van der Waals surface area contributed by atoms with Crippen LogP contribution < -0.4 is 26.2 Å². The topological polar surface area (TPSA) is 19.4 Å². The number of hydrogen-bond donors (Lipinski definition) is 0. The number of unbranched alkanes of at least 4 members (excludes halogenated alkanes) is 1. The first-order valence-electron chi connectivity index (χ1n) is 21.2. The number of pyridine rings is 1. The van der Waals surface area contributed by atoms with Crippen molar-refractivity contribution in [2.24, 2.45) is 0 Å². The van der Waals surface area contributed by atoms with Crippen LogP contribution in [0.2, 0.25) is 0 Å². The Bertz CT molecular complexity index is 2790. The molecule has 55 heavy (non-hydrogen) atoms. The lowest BCUT2D eigenvalue weighted by atomic mass is 9.32. The van der Waals surface area contributed by atoms with Crippen molar-refractivity contribution in [1.82, 2.24) is 4.98 Å². The van der Waals surface area contributed by atoms with E-state index < -0.39 is 0 Å². The molecular weight excluding hydrogens is 665 g/mol. The van der Waals surface area contributed by atoms with Gasteiger partial charge in [0.1, 0.15) is 0 Å². The second kappa shape index (κ2) is 10.9. The zero-order chi connectivity index (χ0) is 36.0. The molecule has 6 aliphatic rings. The third kappa shape index (κ3) is 3.68. The number of benzene rings is 6. The lowest BCUT2D eigenvalue weighted by Crippen LogP contribution is -2.63. The van der Waals surface area contributed by atoms with Crippen molar-refractivity contribution in [3.63, 3.8) is 0 Å². The molecule has 5 heterocycles. The SMILES string of the molecule is CCCCc1nc2c3c4c(cc2c2ccccc12)N1c2ccccc2C2(CCCC2)c2cccc(c21)B4c1cccc2c1N3c1ccccc1C21CCCC1. The van der Waals surface area contributed by atoms with E-state index in [-0.39, 0.29) is 17.5 Å². The zero-order valence-electron chi connectivity index (χ0n) is 31.7. The highest BCUT2D eigenvalue weighted by molar-refractivity contribution is 7.00. The smallest absolute Gasteiger partial charge is 0.252 e. The number of fused-ring (bicyclic) bond motifs is 16. The molecule has 0 radical (unpaired) electrons. The molecule has 2 aliphatic carbocycles. The average molecular weight is 710 g/mol. The Morgan fingerprint density at radius 3 is 1.73 bits per heavy atom. The van der Waals surface area contributed by atoms with Crippen LogP contribution in [0, 0.1) is 0 Å². The minimum absolute atomic E-state index is 0.0411. The lowest BCUT2D eigenvalue weighted by molar-refractivity contribution is 0.530. The van der Waals surface area contributed by atoms with Gasteiger partial charge in [-0.2, -0.15) is 0 Å². The molecular formula is C51H44BN3. The molecule has 2 saturated carbocycles. The maximum Gasteiger partial charge on any atom is 0.252 e. The molecule has 3 nitrogen and oxygen atoms in total. The van der Waals surface area contributed by atoms with Gasteiger partial charge in [0.15, 0.2) is 0 Å². The molecule has 0 unspecified atom stereocenters. The van der Waals surface area contributed by atoms with E-state index in [1.807, 2.05) is 0 Å². The van der Waals surface area contributed by atoms with E-state index in [0.29, 0.717) is 0 Å². The van der Waals surface area contributed by atoms with E-state index in [1.54, 1.807) is 0 Å². The Hall–Kier alpha value is -5.35. The predicted octanol–water partition coefficient (Wildman–Crippen LogP) is 11.2. The molecule has 4 aliphatic heterocycles. The van der Waals surface area contributed by atoms with Crippen LogP contribution in [0.3, 0.4) is 0 Å². The number of rotatable bonds is 3. The van der Waals surface area contributed by atoms with E-state index in [4.69, 9.17) is 4.98 Å². The summed E-state index contributed by atoms with van der Waals surface area (Å²) in [6.07, 6.45) is 13.3. The summed E-state index contributed by atoms with van der Waals surface area (Å²) in [7, 11) is 0. The van der Waals surface area contributed by atoms with Gasteiger partial charge < -0.3 is 9.80 Å². The lowest BCUT2D eigenvalue weighted by Gasteiger charge is -2.52. The summed E-state index contributed by atoms with van der Waals surface area (Å²) in [4.78, 5) is 11.3. The molecule has 0 saturated heterocycles. The standard InChI is InChI=1S/C51H44BN3/c1-2-3-24-41-33-17-5-4-16-32(33)34-31-44-45-49(46(34)53-41)55-43-26-9-7-19-36(43)51(29-12-13-30-51)38-21-15-23-40(48(38)55)52(45)39-22-14-20-37-47(39)54(44)42-25-8-6-18-35(42)50(37)27-10-11-28-50/h4-9,14-23,25-26,31H,2-3,10-13,24,27-30H2,1H3. The van der Waals surface area contributed by atoms with Crippen LogP contribution in [-0.2, 0) is 17.3 Å². The third-order valence-corrected chi connectivity index (χ3v) is 15.1. The summed E-state index contributed by atoms with van der Waals surface area (Å²) < 4.78 is 0. The second-order valence-electron chi connectivity index (χ2n) is 17.5. The molecule has 4 heteroatoms. The van der Waals surface area contributed by atoms with E-state index in [9.17, 15) is 0 Å². The number of anilines is 6. The molecule has 2 spiro atoms. The van der Waals surface area contributed by atoms with E-state index in [1.165, 1.54) is 146 Å². The predicted molar refractivity (Wildman–Crippen MR) is 230 cm³/mol. The molecule has 0 atom stereocenters. The van der Waals surface area contributed by atoms with Crippen LogP contribution >= 0.6 is 0 Å². The van der Waals surface area contributed by atoms with Crippen LogP contribution in [0.1, 0.15) is 99.1 Å². The van der Waals surface area contributed by atoms with Crippen molar-refractivity contribution in [2.75, 3.05) is 9.80 Å². The van der Waals surface area contributed by atoms with Gasteiger partial charge in [-0.1, -0.05) is 136 Å². The van der Waals surface area contributed by atoms with Gasteiger partial charge in [0, 0.05) is 44.4 Å². The molecule has 1 aromatic heterocycles. The number of para-hydroxylation sites is 4. The van der Waals surface area contributed by atoms with Gasteiger partial charge in [-0.3, -0.25) is 0 Å². The second-order valence-corrected chi connectivity index (χ2v) is 17.5. The maximum atomic E-state index is 5.86. The van der Waals surface area contributed by atoms with Crippen molar-refractivity contribution >= 4 is 78.9 Å². The molecule has 2 fully saturated rings. The summed E-state index contributed by atoms with van der Waals surface area (Å²) in [6.45, 7) is 2.42. The van der Waals surface area contributed by atoms with Gasteiger partial charge in [-0.15, -0.1) is 0 Å². The van der Waals surface area contributed by atoms with Gasteiger partial charge in [0.05, 0.1) is 22.6 Å². The van der Waals surface area contributed by atoms with Gasteiger partial charge in [-0.05, 0) is 101 Å². The molecule has 266 valence electrons. The zero-order valence-corrected chi connectivity index (χ0v) is 31.7. The van der Waals surface area contributed by atoms with Gasteiger partial charge >= 0.3 is 0 Å². The molecule has 0 bridgehead atoms. The highest BCUT2D eigenvalue weighted by Crippen LogP contribution is 2.62. The summed E-state index contributed by atoms with van der Waals surface area (Å²) in [5.41, 5.74) is 21.1. The quantitative estimate of drug-likeness (QED) is 0.134. The van der Waals surface area contributed by atoms with E-state index in [2.05, 4.69) is 132 Å². The Morgan fingerprint density at radius 2 is 1.09 bits per heavy atom. The highest BCUT2D eigenvalue weighted by atomic mass is 15.2. The van der Waals surface area contributed by atoms with Crippen molar-refractivity contribution in [1.29, 1.82) is 0 Å². The summed E-state index contributed by atoms with van der Waals surface area (Å²) in [6, 6.07) is 45.3. The molecule has 7 aromatic rings. The van der Waals surface area contributed by atoms with E-state index in [0.717, 1.165) is 24.8 Å². The minimum Gasteiger partial charge on any atom is -0.311 e. The summed E-state index contributed by atoms with van der Waals surface area (Å²) in [5, 5.41) is 3.89. The monoisotopic (exact) mass is 709 g/mol. The fraction of sp³-hybridized carbons (Fsp3) is 0.275. The largest absolute Gasteiger partial charge is 0.311 e.